The highest BCUT2D eigenvalue weighted by Gasteiger charge is 2.31. The Morgan fingerprint density at radius 1 is 1.31 bits per heavy atom. The van der Waals surface area contributed by atoms with E-state index in [0.29, 0.717) is 13.1 Å². The quantitative estimate of drug-likeness (QED) is 0.704. The van der Waals surface area contributed by atoms with Crippen molar-refractivity contribution in [1.29, 1.82) is 0 Å². The predicted molar refractivity (Wildman–Crippen MR) is 62.2 cm³/mol. The normalized spacial score (nSPS) is 13.3. The lowest BCUT2D eigenvalue weighted by atomic mass is 10.0. The van der Waals surface area contributed by atoms with Crippen LogP contribution in [0.2, 0.25) is 0 Å². The Bertz CT molecular complexity index is 260. The molecule has 0 aliphatic heterocycles. The van der Waals surface area contributed by atoms with E-state index in [1.165, 1.54) is 0 Å². The third-order valence-corrected chi connectivity index (χ3v) is 2.56. The molecule has 0 aliphatic rings. The van der Waals surface area contributed by atoms with Gasteiger partial charge >= 0.3 is 5.97 Å². The second-order valence-corrected chi connectivity index (χ2v) is 4.31. The summed E-state index contributed by atoms with van der Waals surface area (Å²) < 4.78 is 0. The molecule has 1 amide bonds. The zero-order valence-corrected chi connectivity index (χ0v) is 10.7. The van der Waals surface area contributed by atoms with Crippen molar-refractivity contribution in [1.82, 2.24) is 10.2 Å². The molecule has 0 aromatic carbocycles. The van der Waals surface area contributed by atoms with Crippen LogP contribution < -0.4 is 5.32 Å². The number of amides is 1. The minimum atomic E-state index is -1.10. The van der Waals surface area contributed by atoms with Crippen LogP contribution >= 0.6 is 0 Å². The maximum absolute atomic E-state index is 11.9. The van der Waals surface area contributed by atoms with Crippen LogP contribution in [0.1, 0.15) is 34.6 Å². The summed E-state index contributed by atoms with van der Waals surface area (Å²) in [5.74, 6) is -1.04. The number of likely N-dealkylation sites (N-methyl/N-ethyl adjacent to an activating group) is 1. The van der Waals surface area contributed by atoms with Crippen LogP contribution in [0.4, 0.5) is 0 Å². The Morgan fingerprint density at radius 2 is 1.75 bits per heavy atom. The monoisotopic (exact) mass is 230 g/mol. The maximum atomic E-state index is 11.9. The van der Waals surface area contributed by atoms with Gasteiger partial charge in [-0.3, -0.25) is 14.9 Å². The van der Waals surface area contributed by atoms with Gasteiger partial charge in [-0.1, -0.05) is 0 Å². The number of hydrogen-bond donors (Lipinski definition) is 2. The van der Waals surface area contributed by atoms with Gasteiger partial charge in [-0.15, -0.1) is 0 Å². The first kappa shape index (κ1) is 14.9. The number of carbonyl (C=O) groups excluding carboxylic acids is 1. The molecule has 0 fully saturated rings. The summed E-state index contributed by atoms with van der Waals surface area (Å²) in [5, 5.41) is 11.8. The summed E-state index contributed by atoms with van der Waals surface area (Å²) in [6.45, 7) is 9.84. The average molecular weight is 230 g/mol. The molecule has 94 valence electrons. The molecular weight excluding hydrogens is 208 g/mol. The molecule has 16 heavy (non-hydrogen) atoms. The highest BCUT2D eigenvalue weighted by molar-refractivity contribution is 5.83. The fraction of sp³-hybridized carbons (Fsp3) is 0.818. The number of carboxylic acid groups (broad SMARTS) is 1. The molecule has 0 aromatic rings. The molecule has 0 saturated heterocycles. The van der Waals surface area contributed by atoms with E-state index in [1.54, 1.807) is 25.7 Å². The SMILES string of the molecule is CCN(CC)C(=O)C(C)NC(C)(C)C(=O)O. The summed E-state index contributed by atoms with van der Waals surface area (Å²) in [5.41, 5.74) is -1.10. The van der Waals surface area contributed by atoms with Crippen LogP contribution in [-0.2, 0) is 9.59 Å². The van der Waals surface area contributed by atoms with Crippen molar-refractivity contribution in [3.05, 3.63) is 0 Å². The van der Waals surface area contributed by atoms with Gasteiger partial charge < -0.3 is 10.0 Å². The molecular formula is C11H22N2O3. The van der Waals surface area contributed by atoms with Crippen LogP contribution in [0.3, 0.4) is 0 Å². The molecule has 2 N–H and O–H groups in total. The van der Waals surface area contributed by atoms with E-state index < -0.39 is 17.6 Å². The van der Waals surface area contributed by atoms with Crippen molar-refractivity contribution in [2.24, 2.45) is 0 Å². The third-order valence-electron chi connectivity index (χ3n) is 2.56. The van der Waals surface area contributed by atoms with Crippen LogP contribution in [0.5, 0.6) is 0 Å². The number of nitrogens with one attached hydrogen (secondary N) is 1. The molecule has 0 radical (unpaired) electrons. The second-order valence-electron chi connectivity index (χ2n) is 4.31. The Hall–Kier alpha value is -1.10. The third kappa shape index (κ3) is 3.81. The number of rotatable bonds is 6. The zero-order chi connectivity index (χ0) is 12.9. The van der Waals surface area contributed by atoms with Crippen LogP contribution in [0.15, 0.2) is 0 Å². The average Bonchev–Trinajstić information content (AvgIpc) is 2.18. The van der Waals surface area contributed by atoms with Crippen LogP contribution in [-0.4, -0.2) is 46.6 Å². The van der Waals surface area contributed by atoms with Crippen molar-refractivity contribution in [2.45, 2.75) is 46.2 Å². The van der Waals surface area contributed by atoms with Gasteiger partial charge in [0.25, 0.3) is 0 Å². The molecule has 0 bridgehead atoms. The summed E-state index contributed by atoms with van der Waals surface area (Å²) in [6.07, 6.45) is 0. The largest absolute Gasteiger partial charge is 0.480 e. The number of aliphatic carboxylic acids is 1. The standard InChI is InChI=1S/C11H22N2O3/c1-6-13(7-2)9(14)8(3)12-11(4,5)10(15)16/h8,12H,6-7H2,1-5H3,(H,15,16). The van der Waals surface area contributed by atoms with E-state index in [9.17, 15) is 9.59 Å². The summed E-state index contributed by atoms with van der Waals surface area (Å²) in [7, 11) is 0. The van der Waals surface area contributed by atoms with Gasteiger partial charge in [-0.2, -0.15) is 0 Å². The molecule has 0 spiro atoms. The highest BCUT2D eigenvalue weighted by Crippen LogP contribution is 2.05. The second kappa shape index (κ2) is 5.84. The topological polar surface area (TPSA) is 69.6 Å². The van der Waals surface area contributed by atoms with Gasteiger partial charge in [-0.05, 0) is 34.6 Å². The predicted octanol–water partition coefficient (Wildman–Crippen LogP) is 0.696. The van der Waals surface area contributed by atoms with E-state index >= 15 is 0 Å². The summed E-state index contributed by atoms with van der Waals surface area (Å²) in [4.78, 5) is 24.5. The molecule has 5 nitrogen and oxygen atoms in total. The zero-order valence-electron chi connectivity index (χ0n) is 10.7. The van der Waals surface area contributed by atoms with E-state index in [-0.39, 0.29) is 5.91 Å². The minimum absolute atomic E-state index is 0.0701. The van der Waals surface area contributed by atoms with Gasteiger partial charge in [0.05, 0.1) is 6.04 Å². The molecule has 1 atom stereocenters. The Labute approximate surface area is 96.8 Å². The highest BCUT2D eigenvalue weighted by atomic mass is 16.4. The molecule has 1 unspecified atom stereocenters. The Balaban J connectivity index is 4.52. The number of carboxylic acids is 1. The lowest BCUT2D eigenvalue weighted by Crippen LogP contribution is -2.56. The van der Waals surface area contributed by atoms with Crippen molar-refractivity contribution in [3.8, 4) is 0 Å². The van der Waals surface area contributed by atoms with E-state index in [0.717, 1.165) is 0 Å². The maximum Gasteiger partial charge on any atom is 0.323 e. The molecule has 0 aliphatic carbocycles. The van der Waals surface area contributed by atoms with Gasteiger partial charge in [0, 0.05) is 13.1 Å². The van der Waals surface area contributed by atoms with E-state index in [2.05, 4.69) is 5.32 Å². The Kier molecular flexibility index (Phi) is 5.44. The summed E-state index contributed by atoms with van der Waals surface area (Å²) >= 11 is 0. The first-order valence-electron chi connectivity index (χ1n) is 5.56. The molecule has 0 rings (SSSR count). The van der Waals surface area contributed by atoms with E-state index in [1.807, 2.05) is 13.8 Å². The fourth-order valence-electron chi connectivity index (χ4n) is 1.47. The van der Waals surface area contributed by atoms with Crippen molar-refractivity contribution in [3.63, 3.8) is 0 Å². The number of hydrogen-bond acceptors (Lipinski definition) is 3. The van der Waals surface area contributed by atoms with Crippen molar-refractivity contribution in [2.75, 3.05) is 13.1 Å². The number of nitrogens with zero attached hydrogens (tertiary/aromatic N) is 1. The minimum Gasteiger partial charge on any atom is -0.480 e. The Morgan fingerprint density at radius 3 is 2.06 bits per heavy atom. The lowest BCUT2D eigenvalue weighted by molar-refractivity contribution is -0.144. The lowest BCUT2D eigenvalue weighted by Gasteiger charge is -2.29. The molecule has 0 saturated carbocycles. The van der Waals surface area contributed by atoms with Gasteiger partial charge in [0.2, 0.25) is 5.91 Å². The van der Waals surface area contributed by atoms with Gasteiger partial charge in [0.1, 0.15) is 5.54 Å². The first-order chi connectivity index (χ1) is 7.26. The smallest absolute Gasteiger partial charge is 0.323 e. The molecule has 5 heteroatoms. The van der Waals surface area contributed by atoms with Crippen molar-refractivity contribution >= 4 is 11.9 Å². The van der Waals surface area contributed by atoms with E-state index in [4.69, 9.17) is 5.11 Å². The van der Waals surface area contributed by atoms with Crippen molar-refractivity contribution < 1.29 is 14.7 Å². The first-order valence-corrected chi connectivity index (χ1v) is 5.56. The van der Waals surface area contributed by atoms with Gasteiger partial charge in [0.15, 0.2) is 0 Å². The summed E-state index contributed by atoms with van der Waals surface area (Å²) in [6, 6.07) is -0.494. The molecule has 0 aromatic heterocycles. The molecule has 0 heterocycles. The van der Waals surface area contributed by atoms with Crippen LogP contribution in [0, 0.1) is 0 Å². The van der Waals surface area contributed by atoms with Crippen LogP contribution in [0.25, 0.3) is 0 Å². The number of carbonyl (C=O) groups is 2. The van der Waals surface area contributed by atoms with Gasteiger partial charge in [-0.25, -0.2) is 0 Å². The fourth-order valence-corrected chi connectivity index (χ4v) is 1.47.